The van der Waals surface area contributed by atoms with Gasteiger partial charge in [0.1, 0.15) is 6.04 Å². The van der Waals surface area contributed by atoms with E-state index in [1.165, 1.54) is 6.92 Å². The second-order valence-electron chi connectivity index (χ2n) is 9.20. The first-order chi connectivity index (χ1) is 17.4. The Labute approximate surface area is 210 Å². The van der Waals surface area contributed by atoms with Gasteiger partial charge in [0.25, 0.3) is 0 Å². The number of para-hydroxylation sites is 1. The van der Waals surface area contributed by atoms with E-state index in [1.54, 1.807) is 16.0 Å². The molecule has 0 saturated carbocycles. The fraction of sp³-hybridized carbons (Fsp3) is 0.286. The third-order valence-corrected chi connectivity index (χ3v) is 6.99. The highest BCUT2D eigenvalue weighted by Gasteiger charge is 2.39. The van der Waals surface area contributed by atoms with E-state index in [-0.39, 0.29) is 24.1 Å². The fourth-order valence-electron chi connectivity index (χ4n) is 5.29. The molecular weight excluding hydrogens is 454 g/mol. The number of fused-ring (bicyclic) bond motifs is 1. The van der Waals surface area contributed by atoms with Crippen LogP contribution in [0.1, 0.15) is 53.5 Å². The Kier molecular flexibility index (Phi) is 6.18. The van der Waals surface area contributed by atoms with Crippen molar-refractivity contribution in [1.29, 1.82) is 0 Å². The standard InChI is InChI=1S/C28H29N5O3/c1-18-26(19(2)33(30-18)22-10-5-4-6-11-22)27-28(36)29-14-16-32(27)25(35)17-24-23-12-8-7-9-21(23)13-15-31(24)20(3)34/h4-13,15,24,27H,14,16-17H2,1-3H3,(H,29,36). The van der Waals surface area contributed by atoms with Gasteiger partial charge in [-0.3, -0.25) is 14.4 Å². The number of carbonyl (C=O) groups is 3. The van der Waals surface area contributed by atoms with Crippen molar-refractivity contribution in [2.75, 3.05) is 13.1 Å². The van der Waals surface area contributed by atoms with Crippen LogP contribution in [0.4, 0.5) is 0 Å². The van der Waals surface area contributed by atoms with Crippen LogP contribution < -0.4 is 5.32 Å². The third-order valence-electron chi connectivity index (χ3n) is 6.99. The summed E-state index contributed by atoms with van der Waals surface area (Å²) in [7, 11) is 0. The lowest BCUT2D eigenvalue weighted by atomic mass is 9.92. The van der Waals surface area contributed by atoms with Crippen LogP contribution in [0.3, 0.4) is 0 Å². The summed E-state index contributed by atoms with van der Waals surface area (Å²) in [6.45, 7) is 6.05. The Morgan fingerprint density at radius 1 is 1.06 bits per heavy atom. The molecule has 1 saturated heterocycles. The Bertz CT molecular complexity index is 1360. The Balaban J connectivity index is 1.50. The average molecular weight is 484 g/mol. The van der Waals surface area contributed by atoms with Gasteiger partial charge in [0, 0.05) is 37.5 Å². The van der Waals surface area contributed by atoms with Gasteiger partial charge in [-0.2, -0.15) is 5.10 Å². The maximum Gasteiger partial charge on any atom is 0.247 e. The zero-order valence-corrected chi connectivity index (χ0v) is 20.6. The summed E-state index contributed by atoms with van der Waals surface area (Å²) in [6, 6.07) is 16.3. The molecule has 2 unspecified atom stereocenters. The van der Waals surface area contributed by atoms with Crippen molar-refractivity contribution in [1.82, 2.24) is 24.9 Å². The molecule has 2 aliphatic rings. The first-order valence-corrected chi connectivity index (χ1v) is 12.1. The summed E-state index contributed by atoms with van der Waals surface area (Å²) in [5, 5.41) is 7.62. The number of nitrogens with zero attached hydrogens (tertiary/aromatic N) is 4. The quantitative estimate of drug-likeness (QED) is 0.616. The SMILES string of the molecule is CC(=O)N1C=Cc2ccccc2C1CC(=O)N1CCNC(=O)C1c1c(C)nn(-c2ccccc2)c1C. The van der Waals surface area contributed by atoms with E-state index >= 15 is 0 Å². The maximum absolute atomic E-state index is 13.8. The predicted molar refractivity (Wildman–Crippen MR) is 136 cm³/mol. The van der Waals surface area contributed by atoms with Crippen LogP contribution in [-0.4, -0.2) is 50.4 Å². The molecule has 36 heavy (non-hydrogen) atoms. The lowest BCUT2D eigenvalue weighted by Crippen LogP contribution is -2.53. The smallest absolute Gasteiger partial charge is 0.247 e. The van der Waals surface area contributed by atoms with Crippen molar-refractivity contribution in [2.45, 2.75) is 39.3 Å². The minimum Gasteiger partial charge on any atom is -0.352 e. The highest BCUT2D eigenvalue weighted by molar-refractivity contribution is 5.91. The molecule has 1 N–H and O–H groups in total. The van der Waals surface area contributed by atoms with Crippen LogP contribution in [0.25, 0.3) is 11.8 Å². The molecule has 0 radical (unpaired) electrons. The number of nitrogens with one attached hydrogen (secondary N) is 1. The van der Waals surface area contributed by atoms with Gasteiger partial charge in [-0.1, -0.05) is 42.5 Å². The van der Waals surface area contributed by atoms with Crippen LogP contribution in [-0.2, 0) is 14.4 Å². The van der Waals surface area contributed by atoms with E-state index in [2.05, 4.69) is 5.32 Å². The van der Waals surface area contributed by atoms with E-state index in [9.17, 15) is 14.4 Å². The number of amides is 3. The number of hydrogen-bond donors (Lipinski definition) is 1. The summed E-state index contributed by atoms with van der Waals surface area (Å²) in [5.41, 5.74) is 5.04. The first kappa shape index (κ1) is 23.5. The molecule has 1 fully saturated rings. The predicted octanol–water partition coefficient (Wildman–Crippen LogP) is 3.45. The molecule has 3 heterocycles. The Morgan fingerprint density at radius 3 is 2.53 bits per heavy atom. The lowest BCUT2D eigenvalue weighted by Gasteiger charge is -2.38. The first-order valence-electron chi connectivity index (χ1n) is 12.1. The summed E-state index contributed by atoms with van der Waals surface area (Å²) >= 11 is 0. The molecule has 0 aliphatic carbocycles. The molecule has 2 aliphatic heterocycles. The van der Waals surface area contributed by atoms with Gasteiger partial charge in [-0.25, -0.2) is 4.68 Å². The molecule has 1 aromatic heterocycles. The van der Waals surface area contributed by atoms with Crippen molar-refractivity contribution in [3.63, 3.8) is 0 Å². The second-order valence-corrected chi connectivity index (χ2v) is 9.20. The highest BCUT2D eigenvalue weighted by atomic mass is 16.2. The van der Waals surface area contributed by atoms with Gasteiger partial charge in [-0.15, -0.1) is 0 Å². The topological polar surface area (TPSA) is 87.5 Å². The summed E-state index contributed by atoms with van der Waals surface area (Å²) < 4.78 is 1.81. The summed E-state index contributed by atoms with van der Waals surface area (Å²) in [5.74, 6) is -0.537. The van der Waals surface area contributed by atoms with Crippen molar-refractivity contribution in [2.24, 2.45) is 0 Å². The zero-order valence-electron chi connectivity index (χ0n) is 20.6. The number of rotatable bonds is 4. The van der Waals surface area contributed by atoms with Crippen LogP contribution in [0.2, 0.25) is 0 Å². The third kappa shape index (κ3) is 4.08. The fourth-order valence-corrected chi connectivity index (χ4v) is 5.29. The Morgan fingerprint density at radius 2 is 1.78 bits per heavy atom. The summed E-state index contributed by atoms with van der Waals surface area (Å²) in [6.07, 6.45) is 3.70. The van der Waals surface area contributed by atoms with Gasteiger partial charge in [0.05, 0.1) is 23.8 Å². The number of piperazine rings is 1. The molecule has 8 nitrogen and oxygen atoms in total. The van der Waals surface area contributed by atoms with Gasteiger partial charge >= 0.3 is 0 Å². The van der Waals surface area contributed by atoms with E-state index in [1.807, 2.05) is 79.2 Å². The minimum absolute atomic E-state index is 0.0790. The number of aromatic nitrogens is 2. The van der Waals surface area contributed by atoms with Gasteiger partial charge in [0.2, 0.25) is 17.7 Å². The number of benzene rings is 2. The van der Waals surface area contributed by atoms with Crippen molar-refractivity contribution < 1.29 is 14.4 Å². The monoisotopic (exact) mass is 483 g/mol. The number of hydrogen-bond acceptors (Lipinski definition) is 4. The molecule has 8 heteroatoms. The molecule has 184 valence electrons. The molecule has 3 aromatic rings. The number of carbonyl (C=O) groups excluding carboxylic acids is 3. The van der Waals surface area contributed by atoms with Crippen molar-refractivity contribution in [3.8, 4) is 5.69 Å². The van der Waals surface area contributed by atoms with Gasteiger partial charge in [-0.05, 0) is 43.2 Å². The van der Waals surface area contributed by atoms with E-state index in [4.69, 9.17) is 5.10 Å². The molecule has 3 amide bonds. The van der Waals surface area contributed by atoms with Crippen LogP contribution in [0, 0.1) is 13.8 Å². The maximum atomic E-state index is 13.8. The van der Waals surface area contributed by atoms with Crippen LogP contribution in [0.5, 0.6) is 0 Å². The van der Waals surface area contributed by atoms with E-state index < -0.39 is 12.1 Å². The Hall–Kier alpha value is -4.20. The molecule has 2 atom stereocenters. The lowest BCUT2D eigenvalue weighted by molar-refractivity contribution is -0.145. The summed E-state index contributed by atoms with van der Waals surface area (Å²) in [4.78, 5) is 42.7. The highest BCUT2D eigenvalue weighted by Crippen LogP contribution is 2.36. The number of aryl methyl sites for hydroxylation is 1. The molecule has 2 aromatic carbocycles. The largest absolute Gasteiger partial charge is 0.352 e. The molecule has 0 spiro atoms. The molecular formula is C28H29N5O3. The second kappa shape index (κ2) is 9.45. The van der Waals surface area contributed by atoms with Crippen molar-refractivity contribution in [3.05, 3.63) is 88.9 Å². The van der Waals surface area contributed by atoms with Gasteiger partial charge in [0.15, 0.2) is 0 Å². The zero-order chi connectivity index (χ0) is 25.4. The normalized spacial score (nSPS) is 19.1. The van der Waals surface area contributed by atoms with Crippen LogP contribution in [0.15, 0.2) is 60.8 Å². The van der Waals surface area contributed by atoms with Crippen LogP contribution >= 0.6 is 0 Å². The molecule has 0 bridgehead atoms. The van der Waals surface area contributed by atoms with Crippen molar-refractivity contribution >= 4 is 23.8 Å². The minimum atomic E-state index is -0.788. The average Bonchev–Trinajstić information content (AvgIpc) is 3.17. The van der Waals surface area contributed by atoms with E-state index in [0.717, 1.165) is 28.1 Å². The van der Waals surface area contributed by atoms with Gasteiger partial charge < -0.3 is 15.1 Å². The van der Waals surface area contributed by atoms with E-state index in [0.29, 0.717) is 18.8 Å². The molecule has 5 rings (SSSR count).